The van der Waals surface area contributed by atoms with Gasteiger partial charge in [-0.15, -0.1) is 0 Å². The molecule has 6 heteroatoms. The molecule has 0 heterocycles. The van der Waals surface area contributed by atoms with Gasteiger partial charge in [0, 0.05) is 5.69 Å². The second-order valence-electron chi connectivity index (χ2n) is 3.77. The Morgan fingerprint density at radius 1 is 0.944 bits per heavy atom. The second-order valence-corrected chi connectivity index (χ2v) is 5.92. The molecule has 2 rings (SSSR count). The van der Waals surface area contributed by atoms with Gasteiger partial charge in [-0.05, 0) is 24.3 Å². The molecular weight excluding hydrogens is 269 g/mol. The van der Waals surface area contributed by atoms with E-state index in [1.165, 1.54) is 4.67 Å². The van der Waals surface area contributed by atoms with Crippen molar-refractivity contribution in [2.75, 3.05) is 4.67 Å². The van der Waals surface area contributed by atoms with E-state index in [1.807, 2.05) is 18.2 Å². The highest BCUT2D eigenvalue weighted by atomic mass is 35.5. The van der Waals surface area contributed by atoms with E-state index in [4.69, 9.17) is 22.6 Å². The minimum Gasteiger partial charge on any atom is -0.267 e. The summed E-state index contributed by atoms with van der Waals surface area (Å²) < 4.78 is 13.5. The van der Waals surface area contributed by atoms with Gasteiger partial charge >= 0.3 is 7.59 Å². The summed E-state index contributed by atoms with van der Waals surface area (Å²) in [6, 6.07) is 16.0. The Hall–Kier alpha value is -1.32. The van der Waals surface area contributed by atoms with Crippen LogP contribution in [0.15, 0.2) is 54.6 Å². The molecule has 0 aliphatic heterocycles. The van der Waals surface area contributed by atoms with Gasteiger partial charge in [0.1, 0.15) is 0 Å². The van der Waals surface area contributed by atoms with E-state index in [0.29, 0.717) is 16.4 Å². The van der Waals surface area contributed by atoms with Crippen LogP contribution in [-0.2, 0) is 4.57 Å². The quantitative estimate of drug-likeness (QED) is 0.845. The fourth-order valence-corrected chi connectivity index (χ4v) is 2.97. The van der Waals surface area contributed by atoms with Crippen LogP contribution in [0.4, 0.5) is 11.4 Å². The van der Waals surface area contributed by atoms with Gasteiger partial charge in [0.05, 0.1) is 10.7 Å². The van der Waals surface area contributed by atoms with Crippen LogP contribution in [0.3, 0.4) is 0 Å². The van der Waals surface area contributed by atoms with Gasteiger partial charge in [0.25, 0.3) is 0 Å². The molecule has 2 aromatic rings. The van der Waals surface area contributed by atoms with E-state index in [9.17, 15) is 4.57 Å². The molecule has 0 aromatic heterocycles. The molecule has 2 aromatic carbocycles. The summed E-state index contributed by atoms with van der Waals surface area (Å²) in [5.41, 5.74) is 12.4. The number of anilines is 2. The van der Waals surface area contributed by atoms with Crippen LogP contribution < -0.4 is 15.7 Å². The van der Waals surface area contributed by atoms with E-state index in [-0.39, 0.29) is 0 Å². The molecule has 0 bridgehead atoms. The zero-order valence-corrected chi connectivity index (χ0v) is 11.2. The van der Waals surface area contributed by atoms with E-state index in [2.05, 4.69) is 0 Å². The smallest absolute Gasteiger partial charge is 0.267 e. The molecule has 4 N–H and O–H groups in total. The van der Waals surface area contributed by atoms with Crippen molar-refractivity contribution in [3.63, 3.8) is 0 Å². The molecule has 94 valence electrons. The van der Waals surface area contributed by atoms with E-state index >= 15 is 0 Å². The molecule has 0 amide bonds. The van der Waals surface area contributed by atoms with Crippen LogP contribution in [0.1, 0.15) is 0 Å². The molecule has 0 aliphatic carbocycles. The maximum atomic E-state index is 12.1. The Kier molecular flexibility index (Phi) is 3.73. The third-order valence-electron chi connectivity index (χ3n) is 2.39. The average molecular weight is 282 g/mol. The van der Waals surface area contributed by atoms with Crippen LogP contribution >= 0.6 is 19.2 Å². The minimum atomic E-state index is -3.50. The third kappa shape index (κ3) is 2.74. The molecule has 0 radical (unpaired) electrons. The van der Waals surface area contributed by atoms with Gasteiger partial charge < -0.3 is 0 Å². The second kappa shape index (κ2) is 5.12. The zero-order valence-electron chi connectivity index (χ0n) is 9.53. The predicted molar refractivity (Wildman–Crippen MR) is 76.0 cm³/mol. The van der Waals surface area contributed by atoms with Gasteiger partial charge in [0.15, 0.2) is 0 Å². The molecule has 0 saturated heterocycles. The van der Waals surface area contributed by atoms with E-state index in [0.717, 1.165) is 0 Å². The molecule has 4 nitrogen and oxygen atoms in total. The SMILES string of the molecule is NP(N)(=O)N(c1ccccc1)c1ccccc1Cl. The Labute approximate surface area is 111 Å². The zero-order chi connectivity index (χ0) is 13.2. The van der Waals surface area contributed by atoms with Crippen LogP contribution in [0.5, 0.6) is 0 Å². The summed E-state index contributed by atoms with van der Waals surface area (Å²) in [4.78, 5) is 0. The number of halogens is 1. The summed E-state index contributed by atoms with van der Waals surface area (Å²) >= 11 is 6.10. The summed E-state index contributed by atoms with van der Waals surface area (Å²) in [6.45, 7) is 0. The van der Waals surface area contributed by atoms with Crippen LogP contribution in [0.25, 0.3) is 0 Å². The van der Waals surface area contributed by atoms with Crippen LogP contribution in [0.2, 0.25) is 5.02 Å². The lowest BCUT2D eigenvalue weighted by Gasteiger charge is -2.28. The predicted octanol–water partition coefficient (Wildman–Crippen LogP) is 3.50. The molecule has 0 aliphatic rings. The topological polar surface area (TPSA) is 72.3 Å². The number of hydrogen-bond donors (Lipinski definition) is 2. The van der Waals surface area contributed by atoms with Crippen molar-refractivity contribution in [2.45, 2.75) is 0 Å². The first-order valence-corrected chi connectivity index (χ1v) is 7.45. The van der Waals surface area contributed by atoms with Crippen LogP contribution in [0, 0.1) is 0 Å². The summed E-state index contributed by atoms with van der Waals surface area (Å²) in [5.74, 6) is 0. The normalized spacial score (nSPS) is 11.3. The average Bonchev–Trinajstić information content (AvgIpc) is 2.32. The lowest BCUT2D eigenvalue weighted by Crippen LogP contribution is -2.24. The molecule has 0 fully saturated rings. The Morgan fingerprint density at radius 3 is 2.06 bits per heavy atom. The molecule has 0 unspecified atom stereocenters. The first-order chi connectivity index (χ1) is 8.50. The van der Waals surface area contributed by atoms with E-state index < -0.39 is 7.59 Å². The van der Waals surface area contributed by atoms with Crippen molar-refractivity contribution in [2.24, 2.45) is 11.0 Å². The van der Waals surface area contributed by atoms with Crippen molar-refractivity contribution in [3.8, 4) is 0 Å². The van der Waals surface area contributed by atoms with Gasteiger partial charge in [-0.25, -0.2) is 0 Å². The highest BCUT2D eigenvalue weighted by Gasteiger charge is 2.25. The molecule has 0 saturated carbocycles. The van der Waals surface area contributed by atoms with Gasteiger partial charge in [0.2, 0.25) is 0 Å². The highest BCUT2D eigenvalue weighted by molar-refractivity contribution is 7.61. The van der Waals surface area contributed by atoms with E-state index in [1.54, 1.807) is 36.4 Å². The maximum Gasteiger partial charge on any atom is 0.305 e. The first-order valence-electron chi connectivity index (χ1n) is 5.27. The molecule has 0 spiro atoms. The van der Waals surface area contributed by atoms with Gasteiger partial charge in [-0.3, -0.25) is 20.2 Å². The largest absolute Gasteiger partial charge is 0.305 e. The molecular formula is C12H13ClN3OP. The fraction of sp³-hybridized carbons (Fsp3) is 0. The monoisotopic (exact) mass is 281 g/mol. The van der Waals surface area contributed by atoms with Crippen molar-refractivity contribution < 1.29 is 4.57 Å². The number of nitrogens with two attached hydrogens (primary N) is 2. The Morgan fingerprint density at radius 2 is 1.50 bits per heavy atom. The van der Waals surface area contributed by atoms with Gasteiger partial charge in [-0.1, -0.05) is 41.9 Å². The van der Waals surface area contributed by atoms with Crippen molar-refractivity contribution >= 4 is 30.6 Å². The minimum absolute atomic E-state index is 0.442. The summed E-state index contributed by atoms with van der Waals surface area (Å²) in [6.07, 6.45) is 0. The van der Waals surface area contributed by atoms with Crippen molar-refractivity contribution in [1.29, 1.82) is 0 Å². The summed E-state index contributed by atoms with van der Waals surface area (Å²) in [7, 11) is -3.50. The summed E-state index contributed by atoms with van der Waals surface area (Å²) in [5, 5.41) is 0.442. The number of benzene rings is 2. The maximum absolute atomic E-state index is 12.1. The lowest BCUT2D eigenvalue weighted by atomic mass is 10.2. The molecule has 18 heavy (non-hydrogen) atoms. The fourth-order valence-electron chi connectivity index (χ4n) is 1.68. The molecule has 0 atom stereocenters. The van der Waals surface area contributed by atoms with Crippen molar-refractivity contribution in [3.05, 3.63) is 59.6 Å². The Balaban J connectivity index is 2.59. The third-order valence-corrected chi connectivity index (χ3v) is 3.79. The highest BCUT2D eigenvalue weighted by Crippen LogP contribution is 2.46. The number of para-hydroxylation sites is 2. The van der Waals surface area contributed by atoms with Gasteiger partial charge in [-0.2, -0.15) is 0 Å². The van der Waals surface area contributed by atoms with Crippen LogP contribution in [-0.4, -0.2) is 0 Å². The number of rotatable bonds is 3. The Bertz CT molecular complexity index is 585. The number of hydrogen-bond acceptors (Lipinski definition) is 1. The van der Waals surface area contributed by atoms with Crippen molar-refractivity contribution in [1.82, 2.24) is 0 Å². The standard InChI is InChI=1S/C12H13ClN3OP/c13-11-8-4-5-9-12(11)16(18(14,15)17)10-6-2-1-3-7-10/h1-9H,(H4,14,15,17). The first kappa shape index (κ1) is 13.1. The number of nitrogens with zero attached hydrogens (tertiary/aromatic N) is 1. The lowest BCUT2D eigenvalue weighted by molar-refractivity contribution is 0.576.